The summed E-state index contributed by atoms with van der Waals surface area (Å²) in [5.74, 6) is 0.724. The van der Waals surface area contributed by atoms with E-state index >= 15 is 0 Å². The monoisotopic (exact) mass is 394 g/mol. The average Bonchev–Trinajstić information content (AvgIpc) is 2.71. The molecule has 2 N–H and O–H groups in total. The Morgan fingerprint density at radius 2 is 1.76 bits per heavy atom. The molecule has 0 aliphatic heterocycles. The first-order valence-electron chi connectivity index (χ1n) is 9.38. The standard InChI is InChI=1S/C22H23FN4O2/c1-15(2)29-19-9-7-18(8-10-19)27-22(28)20-13-26-21(14-25-20)24-12-11-16-3-5-17(23)6-4-16/h3-10,13-15H,11-12H2,1-2H3,(H,24,26)(H,27,28). The first kappa shape index (κ1) is 20.3. The van der Waals surface area contributed by atoms with Crippen LogP contribution in [-0.2, 0) is 6.42 Å². The maximum Gasteiger partial charge on any atom is 0.275 e. The van der Waals surface area contributed by atoms with Gasteiger partial charge in [0.05, 0.1) is 18.5 Å². The molecule has 1 amide bonds. The lowest BCUT2D eigenvalue weighted by molar-refractivity contribution is 0.102. The van der Waals surface area contributed by atoms with Crippen LogP contribution in [0.15, 0.2) is 60.9 Å². The Morgan fingerprint density at radius 3 is 2.38 bits per heavy atom. The number of halogens is 1. The topological polar surface area (TPSA) is 76.1 Å². The number of ether oxygens (including phenoxy) is 1. The molecule has 0 saturated carbocycles. The number of rotatable bonds is 8. The summed E-state index contributed by atoms with van der Waals surface area (Å²) in [7, 11) is 0. The van der Waals surface area contributed by atoms with Gasteiger partial charge in [0.15, 0.2) is 0 Å². The third-order valence-electron chi connectivity index (χ3n) is 4.00. The van der Waals surface area contributed by atoms with Gasteiger partial charge >= 0.3 is 0 Å². The van der Waals surface area contributed by atoms with E-state index in [2.05, 4.69) is 20.6 Å². The molecule has 0 saturated heterocycles. The number of hydrogen-bond donors (Lipinski definition) is 2. The van der Waals surface area contributed by atoms with Crippen LogP contribution in [0.5, 0.6) is 5.75 Å². The van der Waals surface area contributed by atoms with Crippen molar-refractivity contribution in [3.63, 3.8) is 0 Å². The summed E-state index contributed by atoms with van der Waals surface area (Å²) in [6.45, 7) is 4.53. The van der Waals surface area contributed by atoms with Crippen LogP contribution in [-0.4, -0.2) is 28.5 Å². The third-order valence-corrected chi connectivity index (χ3v) is 4.00. The predicted octanol–water partition coefficient (Wildman–Crippen LogP) is 4.31. The minimum absolute atomic E-state index is 0.0912. The maximum absolute atomic E-state index is 12.9. The molecule has 1 aromatic heterocycles. The van der Waals surface area contributed by atoms with Crippen molar-refractivity contribution in [3.8, 4) is 5.75 Å². The van der Waals surface area contributed by atoms with Gasteiger partial charge in [0, 0.05) is 12.2 Å². The minimum Gasteiger partial charge on any atom is -0.491 e. The number of aromatic nitrogens is 2. The first-order chi connectivity index (χ1) is 14.0. The molecule has 150 valence electrons. The van der Waals surface area contributed by atoms with E-state index in [1.807, 2.05) is 13.8 Å². The molecule has 0 radical (unpaired) electrons. The largest absolute Gasteiger partial charge is 0.491 e. The Morgan fingerprint density at radius 1 is 1.03 bits per heavy atom. The van der Waals surface area contributed by atoms with Gasteiger partial charge in [-0.15, -0.1) is 0 Å². The van der Waals surface area contributed by atoms with Crippen LogP contribution in [0.3, 0.4) is 0 Å². The van der Waals surface area contributed by atoms with Crippen LogP contribution in [0.4, 0.5) is 15.9 Å². The van der Waals surface area contributed by atoms with Crippen molar-refractivity contribution in [2.75, 3.05) is 17.2 Å². The number of nitrogens with zero attached hydrogens (tertiary/aromatic N) is 2. The Bertz CT molecular complexity index is 927. The van der Waals surface area contributed by atoms with Crippen molar-refractivity contribution in [2.45, 2.75) is 26.4 Å². The fraction of sp³-hybridized carbons (Fsp3) is 0.227. The molecular formula is C22H23FN4O2. The van der Waals surface area contributed by atoms with E-state index in [9.17, 15) is 9.18 Å². The Kier molecular flexibility index (Phi) is 6.73. The van der Waals surface area contributed by atoms with Gasteiger partial charge in [0.1, 0.15) is 23.1 Å². The van der Waals surface area contributed by atoms with Gasteiger partial charge in [-0.25, -0.2) is 14.4 Å². The molecule has 3 aromatic rings. The maximum atomic E-state index is 12.9. The number of amides is 1. The van der Waals surface area contributed by atoms with Crippen LogP contribution in [0.1, 0.15) is 29.9 Å². The molecule has 2 aromatic carbocycles. The normalized spacial score (nSPS) is 10.6. The summed E-state index contributed by atoms with van der Waals surface area (Å²) < 4.78 is 18.5. The van der Waals surface area contributed by atoms with Crippen LogP contribution in [0.25, 0.3) is 0 Å². The lowest BCUT2D eigenvalue weighted by Gasteiger charge is -2.10. The fourth-order valence-electron chi connectivity index (χ4n) is 2.61. The Labute approximate surface area is 169 Å². The molecule has 29 heavy (non-hydrogen) atoms. The van der Waals surface area contributed by atoms with Crippen molar-refractivity contribution in [1.29, 1.82) is 0 Å². The van der Waals surface area contributed by atoms with Gasteiger partial charge in [-0.1, -0.05) is 12.1 Å². The molecule has 1 heterocycles. The van der Waals surface area contributed by atoms with E-state index in [4.69, 9.17) is 4.74 Å². The van der Waals surface area contributed by atoms with E-state index in [1.54, 1.807) is 36.4 Å². The summed E-state index contributed by atoms with van der Waals surface area (Å²) >= 11 is 0. The van der Waals surface area contributed by atoms with E-state index in [1.165, 1.54) is 24.5 Å². The number of anilines is 2. The highest BCUT2D eigenvalue weighted by atomic mass is 19.1. The SMILES string of the molecule is CC(C)Oc1ccc(NC(=O)c2cnc(NCCc3ccc(F)cc3)cn2)cc1. The number of nitrogens with one attached hydrogen (secondary N) is 2. The van der Waals surface area contributed by atoms with Crippen molar-refractivity contribution >= 4 is 17.4 Å². The average molecular weight is 394 g/mol. The number of hydrogen-bond acceptors (Lipinski definition) is 5. The quantitative estimate of drug-likeness (QED) is 0.595. The van der Waals surface area contributed by atoms with Crippen LogP contribution >= 0.6 is 0 Å². The van der Waals surface area contributed by atoms with Gasteiger partial charge in [0.25, 0.3) is 5.91 Å². The molecule has 0 unspecified atom stereocenters. The highest BCUT2D eigenvalue weighted by Gasteiger charge is 2.09. The molecule has 3 rings (SSSR count). The highest BCUT2D eigenvalue weighted by molar-refractivity contribution is 6.02. The second-order valence-electron chi connectivity index (χ2n) is 6.74. The lowest BCUT2D eigenvalue weighted by Crippen LogP contribution is -2.15. The molecule has 7 heteroatoms. The second-order valence-corrected chi connectivity index (χ2v) is 6.74. The zero-order valence-corrected chi connectivity index (χ0v) is 16.4. The van der Waals surface area contributed by atoms with Gasteiger partial charge in [0.2, 0.25) is 0 Å². The number of benzene rings is 2. The van der Waals surface area contributed by atoms with Crippen molar-refractivity contribution in [2.24, 2.45) is 0 Å². The van der Waals surface area contributed by atoms with Crippen molar-refractivity contribution in [1.82, 2.24) is 9.97 Å². The van der Waals surface area contributed by atoms with Crippen molar-refractivity contribution in [3.05, 3.63) is 78.0 Å². The van der Waals surface area contributed by atoms with E-state index in [0.29, 0.717) is 18.1 Å². The molecular weight excluding hydrogens is 371 g/mol. The van der Waals surface area contributed by atoms with Gasteiger partial charge in [-0.2, -0.15) is 0 Å². The molecule has 0 spiro atoms. The molecule has 0 bridgehead atoms. The summed E-state index contributed by atoms with van der Waals surface area (Å²) in [6, 6.07) is 13.5. The Hall–Kier alpha value is -3.48. The molecule has 0 fully saturated rings. The summed E-state index contributed by atoms with van der Waals surface area (Å²) in [4.78, 5) is 20.7. The summed E-state index contributed by atoms with van der Waals surface area (Å²) in [6.07, 6.45) is 3.75. The minimum atomic E-state index is -0.340. The number of carbonyl (C=O) groups is 1. The third kappa shape index (κ3) is 6.27. The summed E-state index contributed by atoms with van der Waals surface area (Å²) in [5, 5.41) is 5.91. The molecule has 0 aliphatic carbocycles. The zero-order chi connectivity index (χ0) is 20.6. The van der Waals surface area contributed by atoms with E-state index < -0.39 is 0 Å². The van der Waals surface area contributed by atoms with E-state index in [-0.39, 0.29) is 23.5 Å². The van der Waals surface area contributed by atoms with Gasteiger partial charge in [-0.05, 0) is 62.2 Å². The highest BCUT2D eigenvalue weighted by Crippen LogP contribution is 2.17. The smallest absolute Gasteiger partial charge is 0.275 e. The molecule has 0 aliphatic rings. The van der Waals surface area contributed by atoms with Crippen LogP contribution < -0.4 is 15.4 Å². The molecule has 6 nitrogen and oxygen atoms in total. The van der Waals surface area contributed by atoms with E-state index in [0.717, 1.165) is 17.7 Å². The van der Waals surface area contributed by atoms with Crippen LogP contribution in [0, 0.1) is 5.82 Å². The van der Waals surface area contributed by atoms with Crippen molar-refractivity contribution < 1.29 is 13.9 Å². The van der Waals surface area contributed by atoms with Gasteiger partial charge < -0.3 is 15.4 Å². The van der Waals surface area contributed by atoms with Gasteiger partial charge in [-0.3, -0.25) is 4.79 Å². The first-order valence-corrected chi connectivity index (χ1v) is 9.38. The Balaban J connectivity index is 1.49. The second kappa shape index (κ2) is 9.64. The lowest BCUT2D eigenvalue weighted by atomic mass is 10.1. The predicted molar refractivity (Wildman–Crippen MR) is 111 cm³/mol. The summed E-state index contributed by atoms with van der Waals surface area (Å²) in [5.41, 5.74) is 1.89. The van der Waals surface area contributed by atoms with Crippen LogP contribution in [0.2, 0.25) is 0 Å². The molecule has 0 atom stereocenters. The fourth-order valence-corrected chi connectivity index (χ4v) is 2.61. The zero-order valence-electron chi connectivity index (χ0n) is 16.4. The number of carbonyl (C=O) groups excluding carboxylic acids is 1.